The molecule has 0 atom stereocenters. The Balaban J connectivity index is 0.000000165. The molecule has 7 heteroatoms. The molecule has 0 radical (unpaired) electrons. The van der Waals surface area contributed by atoms with E-state index in [1.165, 1.54) is 6.42 Å². The van der Waals surface area contributed by atoms with Crippen LogP contribution in [-0.2, 0) is 0 Å². The Morgan fingerprint density at radius 1 is 1.29 bits per heavy atom. The standard InChI is InChI=1S/C4H7N.C3H5N5S/c1-2-4-5-3-1;4-1-6-2(5)8-3(9)7-1/h1,3,5H,2,4H2;(H5,4,5,6,7,8,9). The number of nitrogens with two attached hydrogens (primary N) is 2. The van der Waals surface area contributed by atoms with Crippen LogP contribution in [0.1, 0.15) is 6.42 Å². The fourth-order valence-corrected chi connectivity index (χ4v) is 1.03. The maximum Gasteiger partial charge on any atom is 0.225 e. The van der Waals surface area contributed by atoms with Gasteiger partial charge in [0.05, 0.1) is 0 Å². The van der Waals surface area contributed by atoms with Gasteiger partial charge in [-0.1, -0.05) is 6.08 Å². The third-order valence-electron chi connectivity index (χ3n) is 1.38. The summed E-state index contributed by atoms with van der Waals surface area (Å²) in [4.78, 5) is 9.64. The molecule has 0 spiro atoms. The minimum atomic E-state index is 0.156. The van der Waals surface area contributed by atoms with Gasteiger partial charge in [-0.3, -0.25) is 4.98 Å². The maximum absolute atomic E-state index is 5.21. The van der Waals surface area contributed by atoms with Gasteiger partial charge in [-0.2, -0.15) is 9.97 Å². The summed E-state index contributed by atoms with van der Waals surface area (Å²) in [5.41, 5.74) is 10.4. The lowest BCUT2D eigenvalue weighted by Crippen LogP contribution is -2.01. The molecule has 1 aliphatic rings. The molecule has 0 saturated heterocycles. The molecule has 0 bridgehead atoms. The zero-order valence-electron chi connectivity index (χ0n) is 7.53. The highest BCUT2D eigenvalue weighted by Gasteiger charge is 1.88. The molecular weight excluding hydrogens is 200 g/mol. The van der Waals surface area contributed by atoms with E-state index in [2.05, 4.69) is 38.6 Å². The quantitative estimate of drug-likeness (QED) is 0.457. The molecule has 0 amide bonds. The van der Waals surface area contributed by atoms with Crippen molar-refractivity contribution in [2.24, 2.45) is 0 Å². The van der Waals surface area contributed by atoms with Crippen LogP contribution in [0.4, 0.5) is 11.9 Å². The molecule has 6 N–H and O–H groups in total. The second-order valence-corrected chi connectivity index (χ2v) is 2.91. The zero-order valence-corrected chi connectivity index (χ0v) is 8.34. The molecule has 14 heavy (non-hydrogen) atoms. The summed E-state index contributed by atoms with van der Waals surface area (Å²) in [5.74, 6) is 0.375. The summed E-state index contributed by atoms with van der Waals surface area (Å²) in [7, 11) is 0. The lowest BCUT2D eigenvalue weighted by molar-refractivity contribution is 0.917. The molecule has 2 rings (SSSR count). The third-order valence-corrected chi connectivity index (χ3v) is 1.56. The van der Waals surface area contributed by atoms with E-state index in [-0.39, 0.29) is 16.7 Å². The molecular formula is C7H12N6S. The van der Waals surface area contributed by atoms with Gasteiger partial charge in [0.1, 0.15) is 0 Å². The molecule has 6 nitrogen and oxygen atoms in total. The molecule has 0 aliphatic carbocycles. The van der Waals surface area contributed by atoms with Crippen LogP contribution in [0, 0.1) is 4.77 Å². The van der Waals surface area contributed by atoms with E-state index in [0.717, 1.165) is 6.54 Å². The van der Waals surface area contributed by atoms with Gasteiger partial charge in [-0.15, -0.1) is 0 Å². The van der Waals surface area contributed by atoms with Gasteiger partial charge >= 0.3 is 0 Å². The number of nitrogen functional groups attached to an aromatic ring is 2. The van der Waals surface area contributed by atoms with Crippen molar-refractivity contribution in [2.75, 3.05) is 18.0 Å². The highest BCUT2D eigenvalue weighted by atomic mass is 32.1. The van der Waals surface area contributed by atoms with Crippen molar-refractivity contribution in [3.05, 3.63) is 17.0 Å². The number of hydrogen-bond acceptors (Lipinski definition) is 6. The fraction of sp³-hybridized carbons (Fsp3) is 0.286. The summed E-state index contributed by atoms with van der Waals surface area (Å²) >= 11 is 4.58. The van der Waals surface area contributed by atoms with Crippen molar-refractivity contribution in [3.8, 4) is 0 Å². The van der Waals surface area contributed by atoms with E-state index in [9.17, 15) is 0 Å². The van der Waals surface area contributed by atoms with Crippen molar-refractivity contribution in [3.63, 3.8) is 0 Å². The maximum atomic E-state index is 5.21. The van der Waals surface area contributed by atoms with Crippen molar-refractivity contribution < 1.29 is 0 Å². The molecule has 0 saturated carbocycles. The normalized spacial score (nSPS) is 12.9. The Morgan fingerprint density at radius 3 is 2.21 bits per heavy atom. The molecule has 1 aromatic heterocycles. The van der Waals surface area contributed by atoms with Crippen LogP contribution in [0.5, 0.6) is 0 Å². The van der Waals surface area contributed by atoms with Gasteiger partial charge in [-0.25, -0.2) is 0 Å². The molecule has 1 aromatic rings. The van der Waals surface area contributed by atoms with E-state index in [4.69, 9.17) is 11.5 Å². The van der Waals surface area contributed by atoms with Crippen molar-refractivity contribution in [1.82, 2.24) is 20.3 Å². The second-order valence-electron chi connectivity index (χ2n) is 2.55. The summed E-state index contributed by atoms with van der Waals surface area (Å²) < 4.78 is 0.156. The number of rotatable bonds is 0. The van der Waals surface area contributed by atoms with Gasteiger partial charge in [0, 0.05) is 6.54 Å². The van der Waals surface area contributed by atoms with Crippen molar-refractivity contribution in [2.45, 2.75) is 6.42 Å². The molecule has 2 heterocycles. The predicted molar refractivity (Wildman–Crippen MR) is 57.8 cm³/mol. The van der Waals surface area contributed by atoms with Gasteiger partial charge in [-0.05, 0) is 24.8 Å². The second kappa shape index (κ2) is 5.18. The largest absolute Gasteiger partial charge is 0.391 e. The third kappa shape index (κ3) is 3.85. The minimum Gasteiger partial charge on any atom is -0.391 e. The van der Waals surface area contributed by atoms with E-state index < -0.39 is 0 Å². The number of nitrogens with zero attached hydrogens (tertiary/aromatic N) is 2. The first-order valence-electron chi connectivity index (χ1n) is 4.06. The SMILES string of the molecule is C1=CNCC1.Nc1nc(=S)nc(N)[nH]1. The summed E-state index contributed by atoms with van der Waals surface area (Å²) in [6.45, 7) is 1.14. The van der Waals surface area contributed by atoms with Crippen LogP contribution in [0.2, 0.25) is 0 Å². The van der Waals surface area contributed by atoms with Crippen LogP contribution in [0.3, 0.4) is 0 Å². The number of aromatic amines is 1. The van der Waals surface area contributed by atoms with Crippen LogP contribution in [-0.4, -0.2) is 21.5 Å². The first-order chi connectivity index (χ1) is 6.68. The topological polar surface area (TPSA) is 106 Å². The van der Waals surface area contributed by atoms with Crippen molar-refractivity contribution >= 4 is 24.1 Å². The Bertz CT molecular complexity index is 341. The Labute approximate surface area is 86.4 Å². The highest BCUT2D eigenvalue weighted by Crippen LogP contribution is 1.92. The Hall–Kier alpha value is -1.63. The number of H-pyrrole nitrogens is 1. The molecule has 0 fully saturated rings. The predicted octanol–water partition coefficient (Wildman–Crippen LogP) is 0.192. The van der Waals surface area contributed by atoms with E-state index in [1.54, 1.807) is 0 Å². The molecule has 0 aromatic carbocycles. The summed E-state index contributed by atoms with van der Waals surface area (Å²) in [6, 6.07) is 0. The number of hydrogen-bond donors (Lipinski definition) is 4. The van der Waals surface area contributed by atoms with E-state index in [0.29, 0.717) is 0 Å². The minimum absolute atomic E-state index is 0.156. The summed E-state index contributed by atoms with van der Waals surface area (Å²) in [5, 5.41) is 3.04. The Morgan fingerprint density at radius 2 is 1.93 bits per heavy atom. The number of anilines is 2. The average Bonchev–Trinajstić information content (AvgIpc) is 2.56. The zero-order chi connectivity index (χ0) is 10.4. The van der Waals surface area contributed by atoms with Crippen LogP contribution < -0.4 is 16.8 Å². The van der Waals surface area contributed by atoms with Gasteiger partial charge < -0.3 is 16.8 Å². The number of nitrogens with one attached hydrogen (secondary N) is 2. The monoisotopic (exact) mass is 212 g/mol. The Kier molecular flexibility index (Phi) is 3.86. The number of aromatic nitrogens is 3. The first kappa shape index (κ1) is 10.5. The highest BCUT2D eigenvalue weighted by molar-refractivity contribution is 7.71. The molecule has 76 valence electrons. The van der Waals surface area contributed by atoms with Crippen LogP contribution >= 0.6 is 12.2 Å². The van der Waals surface area contributed by atoms with Crippen molar-refractivity contribution in [1.29, 1.82) is 0 Å². The molecule has 1 aliphatic heterocycles. The molecule has 0 unspecified atom stereocenters. The summed E-state index contributed by atoms with van der Waals surface area (Å²) in [6.07, 6.45) is 5.32. The first-order valence-corrected chi connectivity index (χ1v) is 4.47. The van der Waals surface area contributed by atoms with Gasteiger partial charge in [0.25, 0.3) is 0 Å². The average molecular weight is 212 g/mol. The van der Waals surface area contributed by atoms with E-state index in [1.807, 2.05) is 6.20 Å². The fourth-order valence-electron chi connectivity index (χ4n) is 0.835. The lowest BCUT2D eigenvalue weighted by Gasteiger charge is -1.92. The smallest absolute Gasteiger partial charge is 0.225 e. The van der Waals surface area contributed by atoms with Crippen LogP contribution in [0.15, 0.2) is 12.3 Å². The lowest BCUT2D eigenvalue weighted by atomic mass is 10.5. The van der Waals surface area contributed by atoms with Crippen LogP contribution in [0.25, 0.3) is 0 Å². The van der Waals surface area contributed by atoms with Gasteiger partial charge in [0.15, 0.2) is 0 Å². The van der Waals surface area contributed by atoms with Gasteiger partial charge in [0.2, 0.25) is 16.7 Å². The van der Waals surface area contributed by atoms with E-state index >= 15 is 0 Å².